The van der Waals surface area contributed by atoms with Gasteiger partial charge >= 0.3 is 0 Å². The van der Waals surface area contributed by atoms with E-state index >= 15 is 0 Å². The molecule has 1 heterocycles. The first-order valence-electron chi connectivity index (χ1n) is 7.26. The molecule has 1 aliphatic heterocycles. The zero-order chi connectivity index (χ0) is 14.9. The van der Waals surface area contributed by atoms with Crippen molar-refractivity contribution < 1.29 is 14.4 Å². The highest BCUT2D eigenvalue weighted by molar-refractivity contribution is 6.01. The summed E-state index contributed by atoms with van der Waals surface area (Å²) in [5, 5.41) is 2.80. The van der Waals surface area contributed by atoms with Crippen molar-refractivity contribution in [1.29, 1.82) is 0 Å². The number of rotatable bonds is 2. The first-order valence-corrected chi connectivity index (χ1v) is 7.26. The number of carbonyl (C=O) groups excluding carboxylic acids is 3. The Bertz CT molecular complexity index is 424. The molecule has 6 nitrogen and oxygen atoms in total. The predicted octanol–water partition coefficient (Wildman–Crippen LogP) is 0.0135. The maximum atomic E-state index is 12.3. The largest absolute Gasteiger partial charge is 0.344 e. The lowest BCUT2D eigenvalue weighted by Gasteiger charge is -2.34. The molecule has 0 bridgehead atoms. The van der Waals surface area contributed by atoms with Crippen molar-refractivity contribution in [2.24, 2.45) is 17.6 Å². The maximum absolute atomic E-state index is 12.3. The summed E-state index contributed by atoms with van der Waals surface area (Å²) >= 11 is 0. The molecule has 1 saturated carbocycles. The van der Waals surface area contributed by atoms with Gasteiger partial charge in [0.15, 0.2) is 0 Å². The Balaban J connectivity index is 1.97. The third-order valence-electron chi connectivity index (χ3n) is 4.54. The van der Waals surface area contributed by atoms with Gasteiger partial charge in [0, 0.05) is 25.4 Å². The third kappa shape index (κ3) is 3.00. The molecule has 3 N–H and O–H groups in total. The van der Waals surface area contributed by atoms with E-state index in [1.807, 2.05) is 0 Å². The van der Waals surface area contributed by atoms with Gasteiger partial charge in [-0.2, -0.15) is 0 Å². The van der Waals surface area contributed by atoms with Crippen LogP contribution in [0.2, 0.25) is 0 Å². The number of nitrogens with one attached hydrogen (secondary N) is 1. The molecule has 0 aromatic heterocycles. The third-order valence-corrected chi connectivity index (χ3v) is 4.54. The van der Waals surface area contributed by atoms with E-state index < -0.39 is 6.04 Å². The van der Waals surface area contributed by atoms with E-state index in [-0.39, 0.29) is 35.6 Å². The van der Waals surface area contributed by atoms with Crippen LogP contribution in [0, 0.1) is 11.8 Å². The molecule has 0 radical (unpaired) electrons. The number of nitrogens with two attached hydrogens (primary N) is 1. The molecule has 2 fully saturated rings. The van der Waals surface area contributed by atoms with Crippen molar-refractivity contribution in [2.75, 3.05) is 7.05 Å². The minimum atomic E-state index is -0.574. The molecule has 0 spiro atoms. The lowest BCUT2D eigenvalue weighted by Crippen LogP contribution is -2.55. The van der Waals surface area contributed by atoms with Crippen molar-refractivity contribution in [2.45, 2.75) is 51.1 Å². The number of hydrogen-bond acceptors (Lipinski definition) is 4. The van der Waals surface area contributed by atoms with E-state index in [1.165, 1.54) is 7.05 Å². The quantitative estimate of drug-likeness (QED) is 0.698. The van der Waals surface area contributed by atoms with E-state index in [0.29, 0.717) is 19.3 Å². The molecule has 112 valence electrons. The lowest BCUT2D eigenvalue weighted by molar-refractivity contribution is -0.150. The highest BCUT2D eigenvalue weighted by Crippen LogP contribution is 2.29. The molecular formula is C14H23N3O3. The first-order chi connectivity index (χ1) is 9.40. The molecule has 1 saturated heterocycles. The van der Waals surface area contributed by atoms with Crippen LogP contribution in [0.4, 0.5) is 0 Å². The minimum Gasteiger partial charge on any atom is -0.344 e. The van der Waals surface area contributed by atoms with Crippen LogP contribution in [0.3, 0.4) is 0 Å². The maximum Gasteiger partial charge on any atom is 0.251 e. The SMILES string of the molecule is CC1CCC(N)CC1C(=O)NC1CCC(=O)N(C)C1=O. The number of likely N-dealkylation sites (N-methyl/N-ethyl adjacent to an activating group) is 1. The van der Waals surface area contributed by atoms with Crippen molar-refractivity contribution in [3.8, 4) is 0 Å². The molecule has 0 aromatic rings. The van der Waals surface area contributed by atoms with E-state index in [0.717, 1.165) is 17.7 Å². The van der Waals surface area contributed by atoms with Crippen LogP contribution < -0.4 is 11.1 Å². The first kappa shape index (κ1) is 15.0. The van der Waals surface area contributed by atoms with Gasteiger partial charge in [-0.05, 0) is 31.6 Å². The van der Waals surface area contributed by atoms with Crippen LogP contribution in [-0.2, 0) is 14.4 Å². The smallest absolute Gasteiger partial charge is 0.251 e. The van der Waals surface area contributed by atoms with Gasteiger partial charge in [0.05, 0.1) is 0 Å². The summed E-state index contributed by atoms with van der Waals surface area (Å²) in [7, 11) is 1.46. The van der Waals surface area contributed by atoms with Gasteiger partial charge < -0.3 is 11.1 Å². The van der Waals surface area contributed by atoms with Crippen molar-refractivity contribution in [3.63, 3.8) is 0 Å². The van der Waals surface area contributed by atoms with Crippen molar-refractivity contribution in [3.05, 3.63) is 0 Å². The Labute approximate surface area is 119 Å². The summed E-state index contributed by atoms with van der Waals surface area (Å²) in [6.07, 6.45) is 3.25. The Morgan fingerprint density at radius 3 is 2.70 bits per heavy atom. The second-order valence-electron chi connectivity index (χ2n) is 6.05. The highest BCUT2D eigenvalue weighted by atomic mass is 16.2. The van der Waals surface area contributed by atoms with Gasteiger partial charge in [-0.1, -0.05) is 6.92 Å². The average Bonchev–Trinajstić information content (AvgIpc) is 2.42. The molecule has 6 heteroatoms. The van der Waals surface area contributed by atoms with Crippen LogP contribution in [-0.4, -0.2) is 41.8 Å². The predicted molar refractivity (Wildman–Crippen MR) is 73.4 cm³/mol. The van der Waals surface area contributed by atoms with Gasteiger partial charge in [-0.15, -0.1) is 0 Å². The number of nitrogens with zero attached hydrogens (tertiary/aromatic N) is 1. The van der Waals surface area contributed by atoms with E-state index in [4.69, 9.17) is 5.73 Å². The van der Waals surface area contributed by atoms with Crippen LogP contribution in [0.1, 0.15) is 39.0 Å². The molecule has 2 rings (SSSR count). The second-order valence-corrected chi connectivity index (χ2v) is 6.05. The normalized spacial score (nSPS) is 35.0. The molecule has 4 unspecified atom stereocenters. The molecule has 20 heavy (non-hydrogen) atoms. The standard InChI is InChI=1S/C14H23N3O3/c1-8-3-4-9(15)7-10(8)13(19)16-11-5-6-12(18)17(2)14(11)20/h8-11H,3-7,15H2,1-2H3,(H,16,19). The Morgan fingerprint density at radius 2 is 2.00 bits per heavy atom. The minimum absolute atomic E-state index is 0.0632. The zero-order valence-corrected chi connectivity index (χ0v) is 12.1. The van der Waals surface area contributed by atoms with Gasteiger partial charge in [0.25, 0.3) is 5.91 Å². The van der Waals surface area contributed by atoms with Gasteiger partial charge in [0.2, 0.25) is 11.8 Å². The topological polar surface area (TPSA) is 92.5 Å². The number of amides is 3. The van der Waals surface area contributed by atoms with Gasteiger partial charge in [0.1, 0.15) is 6.04 Å². The fourth-order valence-corrected chi connectivity index (χ4v) is 3.05. The van der Waals surface area contributed by atoms with Gasteiger partial charge in [-0.3, -0.25) is 19.3 Å². The Kier molecular flexibility index (Phi) is 4.42. The molecule has 4 atom stereocenters. The number of hydrogen-bond donors (Lipinski definition) is 2. The molecular weight excluding hydrogens is 258 g/mol. The Morgan fingerprint density at radius 1 is 1.30 bits per heavy atom. The highest BCUT2D eigenvalue weighted by Gasteiger charge is 2.36. The Hall–Kier alpha value is -1.43. The number of likely N-dealkylation sites (tertiary alicyclic amines) is 1. The summed E-state index contributed by atoms with van der Waals surface area (Å²) in [4.78, 5) is 36.8. The van der Waals surface area contributed by atoms with Crippen LogP contribution >= 0.6 is 0 Å². The summed E-state index contributed by atoms with van der Waals surface area (Å²) < 4.78 is 0. The van der Waals surface area contributed by atoms with E-state index in [2.05, 4.69) is 12.2 Å². The summed E-state index contributed by atoms with van der Waals surface area (Å²) in [6, 6.07) is -0.510. The summed E-state index contributed by atoms with van der Waals surface area (Å²) in [5.41, 5.74) is 5.93. The van der Waals surface area contributed by atoms with Gasteiger partial charge in [-0.25, -0.2) is 0 Å². The fourth-order valence-electron chi connectivity index (χ4n) is 3.05. The zero-order valence-electron chi connectivity index (χ0n) is 12.1. The lowest BCUT2D eigenvalue weighted by atomic mass is 9.77. The number of imide groups is 1. The fraction of sp³-hybridized carbons (Fsp3) is 0.786. The van der Waals surface area contributed by atoms with Crippen LogP contribution in [0.25, 0.3) is 0 Å². The number of carbonyl (C=O) groups is 3. The van der Waals surface area contributed by atoms with Crippen molar-refractivity contribution in [1.82, 2.24) is 10.2 Å². The van der Waals surface area contributed by atoms with Crippen molar-refractivity contribution >= 4 is 17.7 Å². The van der Waals surface area contributed by atoms with Crippen LogP contribution in [0.5, 0.6) is 0 Å². The van der Waals surface area contributed by atoms with Crippen LogP contribution in [0.15, 0.2) is 0 Å². The summed E-state index contributed by atoms with van der Waals surface area (Å²) in [6.45, 7) is 2.05. The molecule has 1 aliphatic carbocycles. The monoisotopic (exact) mass is 281 g/mol. The average molecular weight is 281 g/mol. The summed E-state index contributed by atoms with van der Waals surface area (Å²) in [5.74, 6) is -0.452. The molecule has 2 aliphatic rings. The number of piperidine rings is 1. The second kappa shape index (κ2) is 5.91. The molecule has 0 aromatic carbocycles. The van der Waals surface area contributed by atoms with E-state index in [9.17, 15) is 14.4 Å². The molecule has 3 amide bonds. The van der Waals surface area contributed by atoms with E-state index in [1.54, 1.807) is 0 Å².